The monoisotopic (exact) mass is 334 g/mol. The van der Waals surface area contributed by atoms with Gasteiger partial charge in [-0.25, -0.2) is 0 Å². The van der Waals surface area contributed by atoms with Crippen LogP contribution in [0.1, 0.15) is 51.1 Å². The molecule has 0 aromatic heterocycles. The Balaban J connectivity index is 2.36. The zero-order chi connectivity index (χ0) is 18.1. The summed E-state index contributed by atoms with van der Waals surface area (Å²) in [6.45, 7) is 9.98. The van der Waals surface area contributed by atoms with Crippen LogP contribution in [-0.2, 0) is 18.8 Å². The molecule has 1 atom stereocenters. The summed E-state index contributed by atoms with van der Waals surface area (Å²) in [5.74, 6) is 0.274. The molecule has 0 amide bonds. The SMILES string of the molecule is COC(=O)CC(B1OC(C)(C)C(C)(C)O1)c1ccc(OC)c(C)c1. The van der Waals surface area contributed by atoms with Crippen molar-refractivity contribution in [1.29, 1.82) is 0 Å². The van der Waals surface area contributed by atoms with Crippen LogP contribution in [0.2, 0.25) is 0 Å². The molecule has 0 aliphatic carbocycles. The second-order valence-electron chi connectivity index (χ2n) is 7.24. The smallest absolute Gasteiger partial charge is 0.466 e. The quantitative estimate of drug-likeness (QED) is 0.611. The summed E-state index contributed by atoms with van der Waals surface area (Å²) < 4.78 is 22.5. The van der Waals surface area contributed by atoms with Crippen molar-refractivity contribution in [2.75, 3.05) is 14.2 Å². The van der Waals surface area contributed by atoms with Gasteiger partial charge in [0.25, 0.3) is 0 Å². The van der Waals surface area contributed by atoms with Crippen LogP contribution in [0.5, 0.6) is 5.75 Å². The first-order valence-corrected chi connectivity index (χ1v) is 8.18. The molecule has 1 heterocycles. The lowest BCUT2D eigenvalue weighted by Gasteiger charge is -2.32. The van der Waals surface area contributed by atoms with Gasteiger partial charge in [-0.3, -0.25) is 4.79 Å². The molecule has 1 unspecified atom stereocenters. The van der Waals surface area contributed by atoms with E-state index >= 15 is 0 Å². The molecule has 0 radical (unpaired) electrons. The summed E-state index contributed by atoms with van der Waals surface area (Å²) in [5.41, 5.74) is 1.07. The van der Waals surface area contributed by atoms with Crippen LogP contribution in [0.3, 0.4) is 0 Å². The van der Waals surface area contributed by atoms with Crippen LogP contribution >= 0.6 is 0 Å². The first kappa shape index (κ1) is 18.8. The number of hydrogen-bond donors (Lipinski definition) is 0. The minimum Gasteiger partial charge on any atom is -0.496 e. The molecule has 1 aromatic rings. The standard InChI is InChI=1S/C18H27BO5/c1-12-10-13(8-9-15(12)21-6)14(11-16(20)22-7)19-23-17(2,3)18(4,5)24-19/h8-10,14H,11H2,1-7H3. The van der Waals surface area contributed by atoms with Crippen molar-refractivity contribution >= 4 is 13.1 Å². The lowest BCUT2D eigenvalue weighted by atomic mass is 9.66. The van der Waals surface area contributed by atoms with E-state index in [1.165, 1.54) is 7.11 Å². The average molecular weight is 334 g/mol. The minimum absolute atomic E-state index is 0.194. The van der Waals surface area contributed by atoms with Gasteiger partial charge in [-0.15, -0.1) is 0 Å². The van der Waals surface area contributed by atoms with Crippen molar-refractivity contribution in [3.63, 3.8) is 0 Å². The molecule has 1 aromatic carbocycles. The van der Waals surface area contributed by atoms with E-state index in [0.29, 0.717) is 0 Å². The molecule has 5 nitrogen and oxygen atoms in total. The van der Waals surface area contributed by atoms with Crippen molar-refractivity contribution in [3.8, 4) is 5.75 Å². The number of aryl methyl sites for hydroxylation is 1. The van der Waals surface area contributed by atoms with Gasteiger partial charge in [0.05, 0.1) is 31.8 Å². The Morgan fingerprint density at radius 2 is 1.75 bits per heavy atom. The summed E-state index contributed by atoms with van der Waals surface area (Å²) in [5, 5.41) is 0. The lowest BCUT2D eigenvalue weighted by molar-refractivity contribution is -0.140. The maximum Gasteiger partial charge on any atom is 0.466 e. The third kappa shape index (κ3) is 3.60. The highest BCUT2D eigenvalue weighted by Gasteiger charge is 2.54. The van der Waals surface area contributed by atoms with E-state index in [1.807, 2.05) is 52.8 Å². The van der Waals surface area contributed by atoms with Gasteiger partial charge in [0.1, 0.15) is 5.75 Å². The van der Waals surface area contributed by atoms with E-state index in [0.717, 1.165) is 16.9 Å². The molecular formula is C18H27BO5. The van der Waals surface area contributed by atoms with Crippen LogP contribution in [0.25, 0.3) is 0 Å². The topological polar surface area (TPSA) is 54.0 Å². The molecule has 0 bridgehead atoms. The highest BCUT2D eigenvalue weighted by Crippen LogP contribution is 2.42. The van der Waals surface area contributed by atoms with Gasteiger partial charge in [-0.2, -0.15) is 0 Å². The van der Waals surface area contributed by atoms with Gasteiger partial charge < -0.3 is 18.8 Å². The van der Waals surface area contributed by atoms with Crippen LogP contribution in [0.15, 0.2) is 18.2 Å². The second-order valence-corrected chi connectivity index (χ2v) is 7.24. The molecule has 1 fully saturated rings. The predicted octanol–water partition coefficient (Wildman–Crippen LogP) is 3.28. The van der Waals surface area contributed by atoms with Gasteiger partial charge >= 0.3 is 13.1 Å². The third-order valence-corrected chi connectivity index (χ3v) is 5.06. The second kappa shape index (κ2) is 6.77. The van der Waals surface area contributed by atoms with E-state index in [-0.39, 0.29) is 18.2 Å². The number of carbonyl (C=O) groups is 1. The molecule has 2 rings (SSSR count). The fourth-order valence-corrected chi connectivity index (χ4v) is 2.82. The van der Waals surface area contributed by atoms with Gasteiger partial charge in [0.15, 0.2) is 0 Å². The Morgan fingerprint density at radius 1 is 1.17 bits per heavy atom. The number of benzene rings is 1. The summed E-state index contributed by atoms with van der Waals surface area (Å²) >= 11 is 0. The zero-order valence-corrected chi connectivity index (χ0v) is 15.6. The minimum atomic E-state index is -0.512. The number of carbonyl (C=O) groups excluding carboxylic acids is 1. The number of methoxy groups -OCH3 is 2. The highest BCUT2D eigenvalue weighted by atomic mass is 16.7. The Bertz CT molecular complexity index is 595. The summed E-state index contributed by atoms with van der Waals surface area (Å²) in [6, 6.07) is 5.86. The molecule has 132 valence electrons. The van der Waals surface area contributed by atoms with Crippen LogP contribution in [0.4, 0.5) is 0 Å². The van der Waals surface area contributed by atoms with E-state index in [2.05, 4.69) is 0 Å². The summed E-state index contributed by atoms with van der Waals surface area (Å²) in [4.78, 5) is 11.9. The van der Waals surface area contributed by atoms with Crippen molar-refractivity contribution in [2.45, 2.75) is 58.1 Å². The Hall–Kier alpha value is -1.53. The molecule has 1 aliphatic rings. The normalized spacial score (nSPS) is 19.9. The number of esters is 1. The van der Waals surface area contributed by atoms with Crippen molar-refractivity contribution in [2.24, 2.45) is 0 Å². The van der Waals surface area contributed by atoms with Gasteiger partial charge in [-0.05, 0) is 51.8 Å². The van der Waals surface area contributed by atoms with Crippen molar-refractivity contribution < 1.29 is 23.6 Å². The molecular weight excluding hydrogens is 307 g/mol. The summed E-state index contributed by atoms with van der Waals surface area (Å²) in [7, 11) is 2.52. The largest absolute Gasteiger partial charge is 0.496 e. The zero-order valence-electron chi connectivity index (χ0n) is 15.6. The predicted molar refractivity (Wildman–Crippen MR) is 93.2 cm³/mol. The van der Waals surface area contributed by atoms with Crippen LogP contribution < -0.4 is 4.74 Å². The van der Waals surface area contributed by atoms with E-state index in [1.54, 1.807) is 7.11 Å². The van der Waals surface area contributed by atoms with Gasteiger partial charge in [0.2, 0.25) is 0 Å². The fraction of sp³-hybridized carbons (Fsp3) is 0.611. The molecule has 6 heteroatoms. The number of ether oxygens (including phenoxy) is 2. The first-order chi connectivity index (χ1) is 11.1. The number of hydrogen-bond acceptors (Lipinski definition) is 5. The van der Waals surface area contributed by atoms with E-state index in [9.17, 15) is 4.79 Å². The van der Waals surface area contributed by atoms with Crippen LogP contribution in [0, 0.1) is 6.92 Å². The fourth-order valence-electron chi connectivity index (χ4n) is 2.82. The molecule has 0 spiro atoms. The molecule has 1 aliphatic heterocycles. The van der Waals surface area contributed by atoms with Crippen LogP contribution in [-0.4, -0.2) is 38.5 Å². The lowest BCUT2D eigenvalue weighted by Crippen LogP contribution is -2.41. The van der Waals surface area contributed by atoms with Crippen molar-refractivity contribution in [1.82, 2.24) is 0 Å². The molecule has 0 N–H and O–H groups in total. The molecule has 24 heavy (non-hydrogen) atoms. The molecule has 0 saturated carbocycles. The maximum absolute atomic E-state index is 11.9. The van der Waals surface area contributed by atoms with E-state index in [4.69, 9.17) is 18.8 Å². The third-order valence-electron chi connectivity index (χ3n) is 5.06. The Kier molecular flexibility index (Phi) is 5.30. The Morgan fingerprint density at radius 3 is 2.21 bits per heavy atom. The van der Waals surface area contributed by atoms with Gasteiger partial charge in [-0.1, -0.05) is 12.1 Å². The Labute approximate surface area is 144 Å². The highest BCUT2D eigenvalue weighted by molar-refractivity contribution is 6.48. The summed E-state index contributed by atoms with van der Waals surface area (Å²) in [6.07, 6.45) is 0.194. The van der Waals surface area contributed by atoms with Crippen molar-refractivity contribution in [3.05, 3.63) is 29.3 Å². The number of rotatable bonds is 5. The molecule has 1 saturated heterocycles. The first-order valence-electron chi connectivity index (χ1n) is 8.18. The maximum atomic E-state index is 11.9. The average Bonchev–Trinajstić information content (AvgIpc) is 2.72. The van der Waals surface area contributed by atoms with Gasteiger partial charge in [0, 0.05) is 5.82 Å². The van der Waals surface area contributed by atoms with E-state index < -0.39 is 18.3 Å².